The predicted molar refractivity (Wildman–Crippen MR) is 101 cm³/mol. The van der Waals surface area contributed by atoms with Crippen LogP contribution in [-0.4, -0.2) is 24.0 Å². The second-order valence-corrected chi connectivity index (χ2v) is 8.68. The summed E-state index contributed by atoms with van der Waals surface area (Å²) in [6.45, 7) is 9.69. The van der Waals surface area contributed by atoms with E-state index in [1.807, 2.05) is 30.3 Å². The van der Waals surface area contributed by atoms with Crippen molar-refractivity contribution in [2.24, 2.45) is 16.7 Å². The van der Waals surface area contributed by atoms with Gasteiger partial charge in [0.2, 0.25) is 0 Å². The van der Waals surface area contributed by atoms with Crippen LogP contribution in [0.5, 0.6) is 0 Å². The van der Waals surface area contributed by atoms with Gasteiger partial charge in [-0.25, -0.2) is 4.79 Å². The van der Waals surface area contributed by atoms with Gasteiger partial charge in [0.05, 0.1) is 0 Å². The highest BCUT2D eigenvalue weighted by Gasteiger charge is 2.57. The maximum atomic E-state index is 12.7. The summed E-state index contributed by atoms with van der Waals surface area (Å²) in [4.78, 5) is 14.9. The van der Waals surface area contributed by atoms with E-state index in [4.69, 9.17) is 4.74 Å². The van der Waals surface area contributed by atoms with Gasteiger partial charge < -0.3 is 9.64 Å². The van der Waals surface area contributed by atoms with Crippen molar-refractivity contribution >= 4 is 5.97 Å². The molecule has 1 heterocycles. The molecule has 2 aliphatic rings. The van der Waals surface area contributed by atoms with Crippen LogP contribution in [0.1, 0.15) is 52.5 Å². The van der Waals surface area contributed by atoms with Crippen LogP contribution in [0.2, 0.25) is 0 Å². The van der Waals surface area contributed by atoms with Crippen molar-refractivity contribution in [2.75, 3.05) is 7.05 Å². The van der Waals surface area contributed by atoms with Crippen molar-refractivity contribution in [3.05, 3.63) is 47.7 Å². The van der Waals surface area contributed by atoms with Crippen molar-refractivity contribution in [1.82, 2.24) is 4.90 Å². The smallest absolute Gasteiger partial charge is 0.354 e. The van der Waals surface area contributed by atoms with Gasteiger partial charge in [0.15, 0.2) is 0 Å². The molecule has 1 aromatic rings. The van der Waals surface area contributed by atoms with E-state index in [0.29, 0.717) is 24.0 Å². The number of hydrogen-bond donors (Lipinski definition) is 0. The number of likely N-dealkylation sites (N-methyl/N-ethyl adjacent to an activating group) is 1. The summed E-state index contributed by atoms with van der Waals surface area (Å²) < 4.78 is 5.60. The minimum absolute atomic E-state index is 0.184. The lowest BCUT2D eigenvalue weighted by molar-refractivity contribution is -0.143. The fraction of sp³-hybridized carbons (Fsp3) is 0.591. The normalized spacial score (nSPS) is 27.8. The summed E-state index contributed by atoms with van der Waals surface area (Å²) in [5, 5.41) is 0. The van der Waals surface area contributed by atoms with Crippen LogP contribution in [0.4, 0.5) is 0 Å². The minimum atomic E-state index is -0.202. The first-order chi connectivity index (χ1) is 11.8. The molecule has 136 valence electrons. The molecule has 0 spiro atoms. The van der Waals surface area contributed by atoms with Crippen LogP contribution in [-0.2, 0) is 16.1 Å². The summed E-state index contributed by atoms with van der Waals surface area (Å²) in [5.41, 5.74) is 2.25. The van der Waals surface area contributed by atoms with Crippen molar-refractivity contribution in [3.8, 4) is 0 Å². The molecule has 2 unspecified atom stereocenters. The number of rotatable bonds is 5. The topological polar surface area (TPSA) is 29.5 Å². The molecule has 1 saturated carbocycles. The molecule has 0 saturated heterocycles. The van der Waals surface area contributed by atoms with Gasteiger partial charge in [-0.1, -0.05) is 64.1 Å². The van der Waals surface area contributed by atoms with Crippen LogP contribution < -0.4 is 0 Å². The standard InChI is InChI=1S/C22H31NO2/c1-16(2)22(4)12-11-18(23(5)20(22)21(3)13-14-21)19(24)25-15-17-9-7-6-8-10-17/h6-11,16,20H,12-15H2,1-5H3. The van der Waals surface area contributed by atoms with Gasteiger partial charge in [-0.2, -0.15) is 0 Å². The van der Waals surface area contributed by atoms with E-state index in [9.17, 15) is 4.79 Å². The van der Waals surface area contributed by atoms with Crippen LogP contribution in [0.3, 0.4) is 0 Å². The average Bonchev–Trinajstić information content (AvgIpc) is 3.31. The number of carbonyl (C=O) groups excluding carboxylic acids is 1. The fourth-order valence-corrected chi connectivity index (χ4v) is 4.46. The summed E-state index contributed by atoms with van der Waals surface area (Å²) in [7, 11) is 2.07. The van der Waals surface area contributed by atoms with Crippen LogP contribution in [0.15, 0.2) is 42.1 Å². The molecule has 1 aromatic carbocycles. The van der Waals surface area contributed by atoms with E-state index in [-0.39, 0.29) is 11.4 Å². The first kappa shape index (κ1) is 18.0. The van der Waals surface area contributed by atoms with Gasteiger partial charge in [0.1, 0.15) is 12.3 Å². The highest BCUT2D eigenvalue weighted by Crippen LogP contribution is 2.59. The SMILES string of the molecule is CC(C)C1(C)CC=C(C(=O)OCc2ccccc2)N(C)C1C1(C)CC1. The van der Waals surface area contributed by atoms with E-state index in [1.165, 1.54) is 12.8 Å². The van der Waals surface area contributed by atoms with Gasteiger partial charge in [-0.05, 0) is 41.6 Å². The zero-order chi connectivity index (χ0) is 18.2. The first-order valence-corrected chi connectivity index (χ1v) is 9.42. The maximum absolute atomic E-state index is 12.7. The van der Waals surface area contributed by atoms with Gasteiger partial charge in [0, 0.05) is 13.1 Å². The second kappa shape index (κ2) is 6.51. The summed E-state index contributed by atoms with van der Waals surface area (Å²) >= 11 is 0. The molecule has 0 radical (unpaired) electrons. The van der Waals surface area contributed by atoms with Crippen molar-refractivity contribution in [1.29, 1.82) is 0 Å². The summed E-state index contributed by atoms with van der Waals surface area (Å²) in [6.07, 6.45) is 5.52. The zero-order valence-electron chi connectivity index (χ0n) is 16.2. The largest absolute Gasteiger partial charge is 0.456 e. The quantitative estimate of drug-likeness (QED) is 0.722. The molecule has 1 aliphatic heterocycles. The Labute approximate surface area is 152 Å². The molecule has 2 atom stereocenters. The van der Waals surface area contributed by atoms with Crippen molar-refractivity contribution < 1.29 is 9.53 Å². The molecule has 3 rings (SSSR count). The third-order valence-corrected chi connectivity index (χ3v) is 6.57. The van der Waals surface area contributed by atoms with Crippen LogP contribution in [0, 0.1) is 16.7 Å². The number of benzene rings is 1. The molecular weight excluding hydrogens is 310 g/mol. The van der Waals surface area contributed by atoms with Gasteiger partial charge >= 0.3 is 5.97 Å². The molecular formula is C22H31NO2. The second-order valence-electron chi connectivity index (χ2n) is 8.68. The van der Waals surface area contributed by atoms with E-state index < -0.39 is 0 Å². The van der Waals surface area contributed by atoms with Crippen molar-refractivity contribution in [3.63, 3.8) is 0 Å². The predicted octanol–water partition coefficient (Wildman–Crippen LogP) is 4.78. The molecule has 1 fully saturated rings. The Morgan fingerprint density at radius 2 is 1.88 bits per heavy atom. The molecule has 0 N–H and O–H groups in total. The van der Waals surface area contributed by atoms with Crippen LogP contribution >= 0.6 is 0 Å². The Morgan fingerprint density at radius 3 is 2.44 bits per heavy atom. The fourth-order valence-electron chi connectivity index (χ4n) is 4.46. The zero-order valence-corrected chi connectivity index (χ0v) is 16.2. The van der Waals surface area contributed by atoms with Gasteiger partial charge in [-0.3, -0.25) is 0 Å². The highest BCUT2D eigenvalue weighted by molar-refractivity contribution is 5.88. The van der Waals surface area contributed by atoms with E-state index >= 15 is 0 Å². The lowest BCUT2D eigenvalue weighted by Crippen LogP contribution is -2.54. The third kappa shape index (κ3) is 3.33. The Hall–Kier alpha value is -1.77. The molecule has 0 amide bonds. The molecule has 0 bridgehead atoms. The highest BCUT2D eigenvalue weighted by atomic mass is 16.5. The number of carbonyl (C=O) groups is 1. The Bertz CT molecular complexity index is 660. The molecule has 3 nitrogen and oxygen atoms in total. The molecule has 0 aromatic heterocycles. The van der Waals surface area contributed by atoms with Gasteiger partial charge in [0.25, 0.3) is 0 Å². The minimum Gasteiger partial charge on any atom is -0.456 e. The number of hydrogen-bond acceptors (Lipinski definition) is 3. The average molecular weight is 341 g/mol. The number of esters is 1. The van der Waals surface area contributed by atoms with E-state index in [0.717, 1.165) is 17.7 Å². The Morgan fingerprint density at radius 1 is 1.24 bits per heavy atom. The lowest BCUT2D eigenvalue weighted by atomic mass is 9.63. The molecule has 1 aliphatic carbocycles. The molecule has 3 heteroatoms. The summed E-state index contributed by atoms with van der Waals surface area (Å²) in [6, 6.07) is 10.2. The Balaban J connectivity index is 1.78. The van der Waals surface area contributed by atoms with E-state index in [1.54, 1.807) is 0 Å². The van der Waals surface area contributed by atoms with Crippen molar-refractivity contribution in [2.45, 2.75) is 59.6 Å². The maximum Gasteiger partial charge on any atom is 0.354 e. The Kier molecular flexibility index (Phi) is 4.70. The first-order valence-electron chi connectivity index (χ1n) is 9.42. The number of allylic oxidation sites excluding steroid dienone is 1. The number of ether oxygens (including phenoxy) is 1. The monoisotopic (exact) mass is 341 g/mol. The third-order valence-electron chi connectivity index (χ3n) is 6.57. The van der Waals surface area contributed by atoms with Gasteiger partial charge in [-0.15, -0.1) is 0 Å². The lowest BCUT2D eigenvalue weighted by Gasteiger charge is -2.52. The van der Waals surface area contributed by atoms with E-state index in [2.05, 4.69) is 45.7 Å². The summed E-state index contributed by atoms with van der Waals surface area (Å²) in [5.74, 6) is 0.363. The number of nitrogens with zero attached hydrogens (tertiary/aromatic N) is 1. The van der Waals surface area contributed by atoms with Crippen LogP contribution in [0.25, 0.3) is 0 Å². The molecule has 25 heavy (non-hydrogen) atoms.